The largest absolute Gasteiger partial charge is 0.491 e. The maximum Gasteiger partial charge on any atom is 0.193 e. The summed E-state index contributed by atoms with van der Waals surface area (Å²) in [5.41, 5.74) is 6.84. The van der Waals surface area contributed by atoms with Gasteiger partial charge in [0.25, 0.3) is 0 Å². The Morgan fingerprint density at radius 1 is 1.17 bits per heavy atom. The quantitative estimate of drug-likeness (QED) is 0.394. The number of nitrogens with one attached hydrogen (secondary N) is 1. The zero-order valence-electron chi connectivity index (χ0n) is 15.0. The monoisotopic (exact) mass is 320 g/mol. The lowest BCUT2D eigenvalue weighted by molar-refractivity contribution is 0.242. The van der Waals surface area contributed by atoms with E-state index in [0.29, 0.717) is 5.96 Å². The first kappa shape index (κ1) is 19.3. The van der Waals surface area contributed by atoms with Gasteiger partial charge in [-0.25, -0.2) is 0 Å². The molecule has 0 radical (unpaired) electrons. The smallest absolute Gasteiger partial charge is 0.193 e. The van der Waals surface area contributed by atoms with Crippen LogP contribution in [0.1, 0.15) is 40.5 Å². The van der Waals surface area contributed by atoms with Crippen molar-refractivity contribution in [3.63, 3.8) is 0 Å². The summed E-state index contributed by atoms with van der Waals surface area (Å²) >= 11 is 0. The minimum Gasteiger partial charge on any atom is -0.491 e. The molecule has 0 fully saturated rings. The minimum atomic E-state index is 0.178. The van der Waals surface area contributed by atoms with Crippen LogP contribution in [0.4, 0.5) is 5.69 Å². The molecular formula is C18H32N4O. The van der Waals surface area contributed by atoms with Crippen LogP contribution < -0.4 is 15.8 Å². The molecule has 0 unspecified atom stereocenters. The van der Waals surface area contributed by atoms with E-state index in [9.17, 15) is 0 Å². The molecule has 0 amide bonds. The Balaban J connectivity index is 2.30. The molecule has 3 N–H and O–H groups in total. The second kappa shape index (κ2) is 10.9. The number of hydrogen-bond acceptors (Lipinski definition) is 3. The standard InChI is InChI=1S/C18H32N4O/c1-5-22(6-2)14-8-7-13-20-18(19)21-16-9-11-17(12-10-16)23-15(3)4/h9-12,15H,5-8,13-14H2,1-4H3,(H3,19,20,21). The number of nitrogens with two attached hydrogens (primary N) is 1. The molecule has 1 aromatic rings. The van der Waals surface area contributed by atoms with Crippen LogP contribution in [0.2, 0.25) is 0 Å². The van der Waals surface area contributed by atoms with E-state index in [0.717, 1.165) is 50.5 Å². The van der Waals surface area contributed by atoms with E-state index in [4.69, 9.17) is 10.5 Å². The maximum absolute atomic E-state index is 5.92. The van der Waals surface area contributed by atoms with Crippen molar-refractivity contribution in [1.29, 1.82) is 0 Å². The lowest BCUT2D eigenvalue weighted by atomic mass is 10.3. The minimum absolute atomic E-state index is 0.178. The van der Waals surface area contributed by atoms with Gasteiger partial charge in [0, 0.05) is 12.2 Å². The van der Waals surface area contributed by atoms with Crippen LogP contribution in [0.25, 0.3) is 0 Å². The molecule has 0 aliphatic rings. The zero-order chi connectivity index (χ0) is 17.1. The fourth-order valence-corrected chi connectivity index (χ4v) is 2.26. The van der Waals surface area contributed by atoms with Crippen LogP contribution in [0.15, 0.2) is 29.3 Å². The van der Waals surface area contributed by atoms with Crippen molar-refractivity contribution in [3.8, 4) is 5.75 Å². The average Bonchev–Trinajstić information content (AvgIpc) is 2.52. The molecule has 0 atom stereocenters. The lowest BCUT2D eigenvalue weighted by Crippen LogP contribution is -2.24. The van der Waals surface area contributed by atoms with Crippen molar-refractivity contribution < 1.29 is 4.74 Å². The van der Waals surface area contributed by atoms with E-state index < -0.39 is 0 Å². The number of nitrogens with zero attached hydrogens (tertiary/aromatic N) is 2. The summed E-state index contributed by atoms with van der Waals surface area (Å²) in [5, 5.41) is 3.11. The Morgan fingerprint density at radius 3 is 2.39 bits per heavy atom. The van der Waals surface area contributed by atoms with E-state index in [1.807, 2.05) is 38.1 Å². The molecular weight excluding hydrogens is 288 g/mol. The lowest BCUT2D eigenvalue weighted by Gasteiger charge is -2.17. The van der Waals surface area contributed by atoms with Gasteiger partial charge in [0.05, 0.1) is 6.10 Å². The van der Waals surface area contributed by atoms with Gasteiger partial charge < -0.3 is 20.7 Å². The predicted octanol–water partition coefficient (Wildman–Crippen LogP) is 3.32. The molecule has 0 saturated carbocycles. The van der Waals surface area contributed by atoms with E-state index in [1.54, 1.807) is 0 Å². The van der Waals surface area contributed by atoms with Crippen LogP contribution in [0.3, 0.4) is 0 Å². The molecule has 0 spiro atoms. The number of ether oxygens (including phenoxy) is 1. The molecule has 130 valence electrons. The number of guanidine groups is 1. The summed E-state index contributed by atoms with van der Waals surface area (Å²) in [5.74, 6) is 1.32. The zero-order valence-corrected chi connectivity index (χ0v) is 15.0. The summed E-state index contributed by atoms with van der Waals surface area (Å²) in [6, 6.07) is 7.75. The summed E-state index contributed by atoms with van der Waals surface area (Å²) in [6.07, 6.45) is 2.39. The first-order valence-electron chi connectivity index (χ1n) is 8.61. The van der Waals surface area contributed by atoms with Gasteiger partial charge in [-0.3, -0.25) is 4.99 Å². The molecule has 5 heteroatoms. The van der Waals surface area contributed by atoms with Crippen LogP contribution in [0.5, 0.6) is 5.75 Å². The van der Waals surface area contributed by atoms with Gasteiger partial charge in [0.1, 0.15) is 5.75 Å². The molecule has 0 saturated heterocycles. The number of rotatable bonds is 10. The Bertz CT molecular complexity index is 453. The molecule has 0 aromatic heterocycles. The van der Waals surface area contributed by atoms with Gasteiger partial charge in [0.15, 0.2) is 5.96 Å². The van der Waals surface area contributed by atoms with Crippen LogP contribution in [-0.4, -0.2) is 43.1 Å². The fraction of sp³-hybridized carbons (Fsp3) is 0.611. The average molecular weight is 320 g/mol. The first-order valence-corrected chi connectivity index (χ1v) is 8.61. The second-order valence-electron chi connectivity index (χ2n) is 5.82. The third-order valence-electron chi connectivity index (χ3n) is 3.56. The molecule has 5 nitrogen and oxygen atoms in total. The van der Waals surface area contributed by atoms with Gasteiger partial charge in [-0.1, -0.05) is 13.8 Å². The summed E-state index contributed by atoms with van der Waals surface area (Å²) in [7, 11) is 0. The Morgan fingerprint density at radius 2 is 1.83 bits per heavy atom. The number of anilines is 1. The number of unbranched alkanes of at least 4 members (excludes halogenated alkanes) is 1. The van der Waals surface area contributed by atoms with Crippen LogP contribution in [0, 0.1) is 0 Å². The van der Waals surface area contributed by atoms with E-state index in [2.05, 4.69) is 29.1 Å². The van der Waals surface area contributed by atoms with Crippen molar-refractivity contribution in [2.45, 2.75) is 46.6 Å². The number of hydrogen-bond donors (Lipinski definition) is 2. The highest BCUT2D eigenvalue weighted by Crippen LogP contribution is 2.16. The van der Waals surface area contributed by atoms with Crippen molar-refractivity contribution in [1.82, 2.24) is 4.90 Å². The van der Waals surface area contributed by atoms with Crippen molar-refractivity contribution in [2.75, 3.05) is 31.5 Å². The van der Waals surface area contributed by atoms with E-state index in [-0.39, 0.29) is 6.10 Å². The van der Waals surface area contributed by atoms with Crippen LogP contribution in [-0.2, 0) is 0 Å². The van der Waals surface area contributed by atoms with Gasteiger partial charge in [-0.15, -0.1) is 0 Å². The van der Waals surface area contributed by atoms with E-state index >= 15 is 0 Å². The molecule has 0 aliphatic carbocycles. The highest BCUT2D eigenvalue weighted by atomic mass is 16.5. The molecule has 0 aliphatic heterocycles. The highest BCUT2D eigenvalue weighted by Gasteiger charge is 2.00. The third kappa shape index (κ3) is 8.45. The third-order valence-corrected chi connectivity index (χ3v) is 3.56. The second-order valence-corrected chi connectivity index (χ2v) is 5.82. The number of aliphatic imine (C=N–C) groups is 1. The van der Waals surface area contributed by atoms with Gasteiger partial charge in [-0.2, -0.15) is 0 Å². The summed E-state index contributed by atoms with van der Waals surface area (Å²) in [4.78, 5) is 6.80. The Kier molecular flexibility index (Phi) is 9.14. The normalized spacial score (nSPS) is 12.0. The fourth-order valence-electron chi connectivity index (χ4n) is 2.26. The highest BCUT2D eigenvalue weighted by molar-refractivity contribution is 5.92. The predicted molar refractivity (Wildman–Crippen MR) is 99.3 cm³/mol. The molecule has 0 bridgehead atoms. The van der Waals surface area contributed by atoms with E-state index in [1.165, 1.54) is 0 Å². The summed E-state index contributed by atoms with van der Waals surface area (Å²) < 4.78 is 5.61. The van der Waals surface area contributed by atoms with Gasteiger partial charge in [0.2, 0.25) is 0 Å². The van der Waals surface area contributed by atoms with Crippen molar-refractivity contribution in [2.24, 2.45) is 10.7 Å². The van der Waals surface area contributed by atoms with Crippen molar-refractivity contribution in [3.05, 3.63) is 24.3 Å². The Hall–Kier alpha value is -1.75. The van der Waals surface area contributed by atoms with Gasteiger partial charge in [-0.05, 0) is 70.6 Å². The SMILES string of the molecule is CCN(CC)CCCCN=C(N)Nc1ccc(OC(C)C)cc1. The molecule has 1 aromatic carbocycles. The van der Waals surface area contributed by atoms with Crippen LogP contribution >= 0.6 is 0 Å². The number of benzene rings is 1. The van der Waals surface area contributed by atoms with Crippen molar-refractivity contribution >= 4 is 11.6 Å². The van der Waals surface area contributed by atoms with Gasteiger partial charge >= 0.3 is 0 Å². The molecule has 0 heterocycles. The molecule has 1 rings (SSSR count). The topological polar surface area (TPSA) is 62.9 Å². The Labute approximate surface area is 140 Å². The maximum atomic E-state index is 5.92. The first-order chi connectivity index (χ1) is 11.0. The molecule has 23 heavy (non-hydrogen) atoms. The summed E-state index contributed by atoms with van der Waals surface area (Å²) in [6.45, 7) is 12.5.